The third-order valence-corrected chi connectivity index (χ3v) is 3.96. The van der Waals surface area contributed by atoms with Crippen LogP contribution in [0.25, 0.3) is 0 Å². The highest BCUT2D eigenvalue weighted by Gasteiger charge is 2.27. The molecule has 0 radical (unpaired) electrons. The lowest BCUT2D eigenvalue weighted by atomic mass is 9.89. The van der Waals surface area contributed by atoms with Gasteiger partial charge in [0.05, 0.1) is 6.04 Å². The van der Waals surface area contributed by atoms with E-state index in [-0.39, 0.29) is 11.9 Å². The number of hydrogen-bond donors (Lipinski definition) is 2. The van der Waals surface area contributed by atoms with Gasteiger partial charge >= 0.3 is 0 Å². The first-order chi connectivity index (χ1) is 8.06. The molecule has 3 N–H and O–H groups in total. The highest BCUT2D eigenvalue weighted by Crippen LogP contribution is 2.21. The molecular formula is C13H27N3O. The van der Waals surface area contributed by atoms with Crippen molar-refractivity contribution < 1.29 is 4.79 Å². The van der Waals surface area contributed by atoms with E-state index < -0.39 is 0 Å². The van der Waals surface area contributed by atoms with E-state index in [0.29, 0.717) is 6.04 Å². The lowest BCUT2D eigenvalue weighted by Gasteiger charge is -2.37. The zero-order valence-electron chi connectivity index (χ0n) is 11.4. The van der Waals surface area contributed by atoms with Crippen LogP contribution in [0.2, 0.25) is 0 Å². The van der Waals surface area contributed by atoms with E-state index in [1.165, 1.54) is 6.42 Å². The van der Waals surface area contributed by atoms with E-state index in [2.05, 4.69) is 24.1 Å². The third kappa shape index (κ3) is 4.28. The molecule has 0 aromatic rings. The number of rotatable bonds is 6. The predicted molar refractivity (Wildman–Crippen MR) is 70.7 cm³/mol. The van der Waals surface area contributed by atoms with Crippen LogP contribution in [0.1, 0.15) is 40.0 Å². The Kier molecular flexibility index (Phi) is 5.92. The molecule has 0 aliphatic carbocycles. The van der Waals surface area contributed by atoms with Gasteiger partial charge in [0.1, 0.15) is 0 Å². The lowest BCUT2D eigenvalue weighted by Crippen LogP contribution is -2.49. The Hall–Kier alpha value is -0.610. The number of likely N-dealkylation sites (tertiary alicyclic amines) is 1. The Labute approximate surface area is 105 Å². The van der Waals surface area contributed by atoms with Crippen LogP contribution in [0.15, 0.2) is 0 Å². The van der Waals surface area contributed by atoms with Gasteiger partial charge in [-0.25, -0.2) is 0 Å². The van der Waals surface area contributed by atoms with E-state index in [1.807, 2.05) is 6.92 Å². The van der Waals surface area contributed by atoms with E-state index in [0.717, 1.165) is 38.4 Å². The highest BCUT2D eigenvalue weighted by atomic mass is 16.1. The van der Waals surface area contributed by atoms with Crippen LogP contribution in [0.3, 0.4) is 0 Å². The maximum Gasteiger partial charge on any atom is 0.234 e. The molecule has 0 aromatic carbocycles. The number of hydrogen-bond acceptors (Lipinski definition) is 3. The summed E-state index contributed by atoms with van der Waals surface area (Å²) in [6.45, 7) is 9.45. The van der Waals surface area contributed by atoms with Crippen LogP contribution in [0.4, 0.5) is 0 Å². The smallest absolute Gasteiger partial charge is 0.234 e. The molecule has 1 fully saturated rings. The fraction of sp³-hybridized carbons (Fsp3) is 0.923. The Morgan fingerprint density at radius 2 is 2.00 bits per heavy atom. The van der Waals surface area contributed by atoms with E-state index in [9.17, 15) is 4.79 Å². The van der Waals surface area contributed by atoms with Crippen molar-refractivity contribution in [2.24, 2.45) is 11.7 Å². The summed E-state index contributed by atoms with van der Waals surface area (Å²) in [5, 5.41) is 3.56. The SMILES string of the molecule is CCCNC(C)C1CCN(C(C)C(N)=O)CC1. The standard InChI is InChI=1S/C13H27N3O/c1-4-7-15-10(2)12-5-8-16(9-6-12)11(3)13(14)17/h10-12,15H,4-9H2,1-3H3,(H2,14,17). The summed E-state index contributed by atoms with van der Waals surface area (Å²) in [6.07, 6.45) is 3.51. The molecule has 2 unspecified atom stereocenters. The van der Waals surface area contributed by atoms with E-state index in [4.69, 9.17) is 5.73 Å². The lowest BCUT2D eigenvalue weighted by molar-refractivity contribution is -0.123. The molecule has 0 saturated carbocycles. The summed E-state index contributed by atoms with van der Waals surface area (Å²) in [5.74, 6) is 0.526. The summed E-state index contributed by atoms with van der Waals surface area (Å²) in [4.78, 5) is 13.3. The van der Waals surface area contributed by atoms with Crippen molar-refractivity contribution in [3.63, 3.8) is 0 Å². The minimum atomic E-state index is -0.208. The summed E-state index contributed by atoms with van der Waals surface area (Å²) in [7, 11) is 0. The number of nitrogens with one attached hydrogen (secondary N) is 1. The van der Waals surface area contributed by atoms with Crippen molar-refractivity contribution in [3.8, 4) is 0 Å². The maximum atomic E-state index is 11.1. The summed E-state index contributed by atoms with van der Waals surface area (Å²) < 4.78 is 0. The molecule has 4 heteroatoms. The first-order valence-electron chi connectivity index (χ1n) is 6.83. The van der Waals surface area contributed by atoms with Crippen LogP contribution < -0.4 is 11.1 Å². The Balaban J connectivity index is 2.32. The third-order valence-electron chi connectivity index (χ3n) is 3.96. The summed E-state index contributed by atoms with van der Waals surface area (Å²) >= 11 is 0. The number of primary amides is 1. The van der Waals surface area contributed by atoms with Gasteiger partial charge in [0, 0.05) is 6.04 Å². The molecule has 0 bridgehead atoms. The van der Waals surface area contributed by atoms with Crippen LogP contribution in [-0.4, -0.2) is 42.5 Å². The van der Waals surface area contributed by atoms with Crippen molar-refractivity contribution in [2.45, 2.75) is 52.1 Å². The zero-order chi connectivity index (χ0) is 12.8. The second-order valence-electron chi connectivity index (χ2n) is 5.19. The van der Waals surface area contributed by atoms with Gasteiger partial charge in [-0.3, -0.25) is 9.69 Å². The van der Waals surface area contributed by atoms with Gasteiger partial charge in [-0.15, -0.1) is 0 Å². The normalized spacial score (nSPS) is 22.3. The molecule has 0 spiro atoms. The zero-order valence-corrected chi connectivity index (χ0v) is 11.4. The van der Waals surface area contributed by atoms with Crippen LogP contribution in [0.5, 0.6) is 0 Å². The largest absolute Gasteiger partial charge is 0.368 e. The topological polar surface area (TPSA) is 58.4 Å². The van der Waals surface area contributed by atoms with Crippen LogP contribution >= 0.6 is 0 Å². The fourth-order valence-electron chi connectivity index (χ4n) is 2.53. The highest BCUT2D eigenvalue weighted by molar-refractivity contribution is 5.79. The molecule has 2 atom stereocenters. The second-order valence-corrected chi connectivity index (χ2v) is 5.19. The van der Waals surface area contributed by atoms with E-state index in [1.54, 1.807) is 0 Å². The average molecular weight is 241 g/mol. The van der Waals surface area contributed by atoms with Crippen molar-refractivity contribution in [2.75, 3.05) is 19.6 Å². The molecule has 1 rings (SSSR count). The fourth-order valence-corrected chi connectivity index (χ4v) is 2.53. The summed E-state index contributed by atoms with van der Waals surface area (Å²) in [5.41, 5.74) is 5.33. The Morgan fingerprint density at radius 1 is 1.41 bits per heavy atom. The average Bonchev–Trinajstić information content (AvgIpc) is 2.35. The second kappa shape index (κ2) is 6.97. The number of nitrogens with two attached hydrogens (primary N) is 1. The van der Waals surface area contributed by atoms with E-state index >= 15 is 0 Å². The van der Waals surface area contributed by atoms with Gasteiger partial charge in [0.15, 0.2) is 0 Å². The number of amides is 1. The first-order valence-corrected chi connectivity index (χ1v) is 6.83. The Morgan fingerprint density at radius 3 is 2.47 bits per heavy atom. The maximum absolute atomic E-state index is 11.1. The number of carbonyl (C=O) groups excluding carboxylic acids is 1. The quantitative estimate of drug-likeness (QED) is 0.728. The molecule has 1 aliphatic heterocycles. The van der Waals surface area contributed by atoms with Crippen molar-refractivity contribution >= 4 is 5.91 Å². The monoisotopic (exact) mass is 241 g/mol. The van der Waals surface area contributed by atoms with Gasteiger partial charge in [0.2, 0.25) is 5.91 Å². The molecule has 17 heavy (non-hydrogen) atoms. The van der Waals surface area contributed by atoms with Gasteiger partial charge in [0.25, 0.3) is 0 Å². The van der Waals surface area contributed by atoms with Crippen LogP contribution in [-0.2, 0) is 4.79 Å². The molecule has 1 heterocycles. The first kappa shape index (κ1) is 14.5. The van der Waals surface area contributed by atoms with Crippen LogP contribution in [0, 0.1) is 5.92 Å². The van der Waals surface area contributed by atoms with Crippen molar-refractivity contribution in [3.05, 3.63) is 0 Å². The minimum Gasteiger partial charge on any atom is -0.368 e. The summed E-state index contributed by atoms with van der Waals surface area (Å²) in [6, 6.07) is 0.468. The molecule has 1 aliphatic rings. The Bertz CT molecular complexity index is 237. The minimum absolute atomic E-state index is 0.116. The molecular weight excluding hydrogens is 214 g/mol. The van der Waals surface area contributed by atoms with Crippen molar-refractivity contribution in [1.29, 1.82) is 0 Å². The molecule has 1 amide bonds. The predicted octanol–water partition coefficient (Wildman–Crippen LogP) is 0.960. The van der Waals surface area contributed by atoms with Gasteiger partial charge < -0.3 is 11.1 Å². The number of carbonyl (C=O) groups is 1. The molecule has 100 valence electrons. The van der Waals surface area contributed by atoms with Gasteiger partial charge in [-0.1, -0.05) is 6.92 Å². The van der Waals surface area contributed by atoms with Gasteiger partial charge in [-0.05, 0) is 58.7 Å². The molecule has 1 saturated heterocycles. The number of piperidine rings is 1. The molecule has 4 nitrogen and oxygen atoms in total. The molecule has 0 aromatic heterocycles. The number of nitrogens with zero attached hydrogens (tertiary/aromatic N) is 1. The van der Waals surface area contributed by atoms with Crippen molar-refractivity contribution in [1.82, 2.24) is 10.2 Å². The van der Waals surface area contributed by atoms with Gasteiger partial charge in [-0.2, -0.15) is 0 Å².